The highest BCUT2D eigenvalue weighted by molar-refractivity contribution is 9.10. The Labute approximate surface area is 112 Å². The maximum absolute atomic E-state index is 5.78. The molecule has 0 unspecified atom stereocenters. The molecular formula is C14H21BrN2. The summed E-state index contributed by atoms with van der Waals surface area (Å²) in [5, 5.41) is 3.64. The lowest BCUT2D eigenvalue weighted by Crippen LogP contribution is -2.21. The van der Waals surface area contributed by atoms with Crippen molar-refractivity contribution in [3.05, 3.63) is 28.2 Å². The van der Waals surface area contributed by atoms with E-state index in [0.29, 0.717) is 16.9 Å². The van der Waals surface area contributed by atoms with Gasteiger partial charge in [-0.1, -0.05) is 33.8 Å². The number of hydrogen-bond acceptors (Lipinski definition) is 2. The van der Waals surface area contributed by atoms with E-state index in [2.05, 4.69) is 61.1 Å². The zero-order valence-corrected chi connectivity index (χ0v) is 12.6. The van der Waals surface area contributed by atoms with Crippen LogP contribution in [0.4, 0.5) is 5.69 Å². The van der Waals surface area contributed by atoms with Gasteiger partial charge in [0, 0.05) is 22.7 Å². The molecular weight excluding hydrogens is 276 g/mol. The predicted molar refractivity (Wildman–Crippen MR) is 76.7 cm³/mol. The zero-order chi connectivity index (χ0) is 12.8. The molecule has 0 amide bonds. The number of benzene rings is 1. The van der Waals surface area contributed by atoms with Gasteiger partial charge in [-0.05, 0) is 44.5 Å². The van der Waals surface area contributed by atoms with Gasteiger partial charge in [-0.2, -0.15) is 0 Å². The van der Waals surface area contributed by atoms with Crippen LogP contribution in [0.1, 0.15) is 33.3 Å². The lowest BCUT2D eigenvalue weighted by molar-refractivity contribution is 0.457. The summed E-state index contributed by atoms with van der Waals surface area (Å²) in [6.07, 6.45) is 0. The number of nitrogens with two attached hydrogens (primary N) is 1. The summed E-state index contributed by atoms with van der Waals surface area (Å²) >= 11 is 3.46. The van der Waals surface area contributed by atoms with Crippen LogP contribution in [0.25, 0.3) is 0 Å². The topological polar surface area (TPSA) is 38.0 Å². The second-order valence-electron chi connectivity index (χ2n) is 6.11. The Morgan fingerprint density at radius 3 is 2.29 bits per heavy atom. The first-order chi connectivity index (χ1) is 7.76. The number of halogens is 1. The van der Waals surface area contributed by atoms with Crippen LogP contribution in [0.3, 0.4) is 0 Å². The van der Waals surface area contributed by atoms with Gasteiger partial charge in [0.05, 0.1) is 0 Å². The minimum absolute atomic E-state index is 0.387. The molecule has 0 atom stereocenters. The van der Waals surface area contributed by atoms with Crippen molar-refractivity contribution in [3.63, 3.8) is 0 Å². The molecule has 2 nitrogen and oxygen atoms in total. The van der Waals surface area contributed by atoms with Crippen LogP contribution in [0.15, 0.2) is 22.7 Å². The average molecular weight is 297 g/mol. The second-order valence-corrected chi connectivity index (χ2v) is 6.97. The fourth-order valence-electron chi connectivity index (χ4n) is 2.61. The number of nitrogens with one attached hydrogen (secondary N) is 1. The van der Waals surface area contributed by atoms with Crippen LogP contribution in [0, 0.1) is 10.8 Å². The first-order valence-electron chi connectivity index (χ1n) is 6.04. The van der Waals surface area contributed by atoms with Gasteiger partial charge in [-0.25, -0.2) is 0 Å². The smallest absolute Gasteiger partial charge is 0.0458 e. The van der Waals surface area contributed by atoms with Gasteiger partial charge >= 0.3 is 0 Å². The molecule has 94 valence electrons. The summed E-state index contributed by atoms with van der Waals surface area (Å²) < 4.78 is 0.978. The standard InChI is InChI=1S/C14H21BrN2/c1-13(2)12(14(13,3)4)17-8-9-5-6-11(16)10(15)7-9/h5-7,12,17H,8,16H2,1-4H3. The molecule has 1 aliphatic carbocycles. The highest BCUT2D eigenvalue weighted by Gasteiger charge is 2.64. The molecule has 0 saturated heterocycles. The van der Waals surface area contributed by atoms with Crippen molar-refractivity contribution in [1.29, 1.82) is 0 Å². The summed E-state index contributed by atoms with van der Waals surface area (Å²) in [4.78, 5) is 0. The summed E-state index contributed by atoms with van der Waals surface area (Å²) in [6, 6.07) is 6.70. The van der Waals surface area contributed by atoms with Crippen molar-refractivity contribution in [2.45, 2.75) is 40.3 Å². The first-order valence-corrected chi connectivity index (χ1v) is 6.83. The van der Waals surface area contributed by atoms with E-state index in [9.17, 15) is 0 Å². The number of hydrogen-bond donors (Lipinski definition) is 2. The molecule has 1 aromatic carbocycles. The normalized spacial score (nSPS) is 21.5. The van der Waals surface area contributed by atoms with Crippen molar-refractivity contribution >= 4 is 21.6 Å². The van der Waals surface area contributed by atoms with Gasteiger partial charge in [-0.15, -0.1) is 0 Å². The van der Waals surface area contributed by atoms with Gasteiger partial charge in [-0.3, -0.25) is 0 Å². The van der Waals surface area contributed by atoms with E-state index in [-0.39, 0.29) is 0 Å². The van der Waals surface area contributed by atoms with E-state index in [1.807, 2.05) is 6.07 Å². The Morgan fingerprint density at radius 2 is 1.82 bits per heavy atom. The monoisotopic (exact) mass is 296 g/mol. The van der Waals surface area contributed by atoms with Crippen molar-refractivity contribution in [3.8, 4) is 0 Å². The summed E-state index contributed by atoms with van der Waals surface area (Å²) in [5.41, 5.74) is 8.61. The largest absolute Gasteiger partial charge is 0.398 e. The fraction of sp³-hybridized carbons (Fsp3) is 0.571. The van der Waals surface area contributed by atoms with Gasteiger partial charge in [0.1, 0.15) is 0 Å². The third-order valence-electron chi connectivity index (χ3n) is 4.60. The quantitative estimate of drug-likeness (QED) is 0.837. The molecule has 0 radical (unpaired) electrons. The zero-order valence-electron chi connectivity index (χ0n) is 11.0. The van der Waals surface area contributed by atoms with Gasteiger partial charge < -0.3 is 11.1 Å². The van der Waals surface area contributed by atoms with E-state index >= 15 is 0 Å². The molecule has 3 heteroatoms. The lowest BCUT2D eigenvalue weighted by Gasteiger charge is -2.08. The molecule has 2 rings (SSSR count). The molecule has 0 spiro atoms. The Kier molecular flexibility index (Phi) is 3.03. The molecule has 0 heterocycles. The predicted octanol–water partition coefficient (Wildman–Crippen LogP) is 3.56. The number of anilines is 1. The Bertz CT molecular complexity index is 424. The Morgan fingerprint density at radius 1 is 1.24 bits per heavy atom. The van der Waals surface area contributed by atoms with E-state index < -0.39 is 0 Å². The summed E-state index contributed by atoms with van der Waals surface area (Å²) in [7, 11) is 0. The SMILES string of the molecule is CC1(C)C(NCc2ccc(N)c(Br)c2)C1(C)C. The fourth-order valence-corrected chi connectivity index (χ4v) is 3.03. The second kappa shape index (κ2) is 3.99. The third kappa shape index (κ3) is 2.11. The molecule has 17 heavy (non-hydrogen) atoms. The average Bonchev–Trinajstić information content (AvgIpc) is 2.61. The molecule has 0 aromatic heterocycles. The molecule has 0 bridgehead atoms. The van der Waals surface area contributed by atoms with Crippen molar-refractivity contribution in [1.82, 2.24) is 5.32 Å². The molecule has 0 aliphatic heterocycles. The third-order valence-corrected chi connectivity index (χ3v) is 5.28. The molecule has 1 fully saturated rings. The maximum Gasteiger partial charge on any atom is 0.0458 e. The number of rotatable bonds is 3. The van der Waals surface area contributed by atoms with E-state index in [1.54, 1.807) is 0 Å². The Balaban J connectivity index is 1.98. The van der Waals surface area contributed by atoms with Crippen LogP contribution < -0.4 is 11.1 Å². The highest BCUT2D eigenvalue weighted by atomic mass is 79.9. The molecule has 1 aromatic rings. The van der Waals surface area contributed by atoms with Gasteiger partial charge in [0.15, 0.2) is 0 Å². The van der Waals surface area contributed by atoms with Gasteiger partial charge in [0.25, 0.3) is 0 Å². The molecule has 1 saturated carbocycles. The van der Waals surface area contributed by atoms with Crippen LogP contribution in [0.5, 0.6) is 0 Å². The van der Waals surface area contributed by atoms with E-state index in [0.717, 1.165) is 16.7 Å². The molecule has 1 aliphatic rings. The lowest BCUT2D eigenvalue weighted by atomic mass is 10.0. The summed E-state index contributed by atoms with van der Waals surface area (Å²) in [6.45, 7) is 10.2. The van der Waals surface area contributed by atoms with Crippen molar-refractivity contribution in [2.75, 3.05) is 5.73 Å². The van der Waals surface area contributed by atoms with Crippen molar-refractivity contribution in [2.24, 2.45) is 10.8 Å². The van der Waals surface area contributed by atoms with Gasteiger partial charge in [0.2, 0.25) is 0 Å². The minimum atomic E-state index is 0.387. The first kappa shape index (κ1) is 12.9. The summed E-state index contributed by atoms with van der Waals surface area (Å²) in [5.74, 6) is 0. The highest BCUT2D eigenvalue weighted by Crippen LogP contribution is 2.62. The van der Waals surface area contributed by atoms with E-state index in [1.165, 1.54) is 5.56 Å². The van der Waals surface area contributed by atoms with Crippen molar-refractivity contribution < 1.29 is 0 Å². The Hall–Kier alpha value is -0.540. The molecule has 3 N–H and O–H groups in total. The van der Waals surface area contributed by atoms with E-state index in [4.69, 9.17) is 5.73 Å². The van der Waals surface area contributed by atoms with Crippen LogP contribution in [0.2, 0.25) is 0 Å². The van der Waals surface area contributed by atoms with Crippen LogP contribution in [-0.2, 0) is 6.54 Å². The van der Waals surface area contributed by atoms with Crippen LogP contribution in [-0.4, -0.2) is 6.04 Å². The maximum atomic E-state index is 5.78. The number of nitrogen functional groups attached to an aromatic ring is 1. The minimum Gasteiger partial charge on any atom is -0.398 e. The van der Waals surface area contributed by atoms with Crippen LogP contribution >= 0.6 is 15.9 Å².